The van der Waals surface area contributed by atoms with Crippen LogP contribution in [-0.2, 0) is 11.8 Å². The molecule has 0 aromatic carbocycles. The van der Waals surface area contributed by atoms with Crippen LogP contribution < -0.4 is 16.6 Å². The number of H-pyrrole nitrogens is 1. The number of aliphatic carboxylic acids is 1. The second kappa shape index (κ2) is 6.53. The molecule has 8 nitrogen and oxygen atoms in total. The van der Waals surface area contributed by atoms with E-state index in [0.717, 1.165) is 10.8 Å². The number of carbonyl (C=O) groups excluding carboxylic acids is 1. The number of nitrogens with one attached hydrogen (secondary N) is 2. The van der Waals surface area contributed by atoms with Crippen molar-refractivity contribution in [1.82, 2.24) is 14.9 Å². The molecule has 1 heterocycles. The van der Waals surface area contributed by atoms with Gasteiger partial charge in [0.15, 0.2) is 0 Å². The van der Waals surface area contributed by atoms with Gasteiger partial charge >= 0.3 is 11.7 Å². The second-order valence-electron chi connectivity index (χ2n) is 3.98. The fourth-order valence-electron chi connectivity index (χ4n) is 1.43. The summed E-state index contributed by atoms with van der Waals surface area (Å²) in [5.41, 5.74) is -1.42. The van der Waals surface area contributed by atoms with Gasteiger partial charge in [-0.15, -0.1) is 0 Å². The van der Waals surface area contributed by atoms with Crippen LogP contribution in [0.15, 0.2) is 15.8 Å². The molecule has 104 valence electrons. The van der Waals surface area contributed by atoms with Crippen molar-refractivity contribution in [3.63, 3.8) is 0 Å². The molecular weight excluding hydrogens is 254 g/mol. The first-order valence-corrected chi connectivity index (χ1v) is 5.72. The molecule has 1 aromatic heterocycles. The van der Waals surface area contributed by atoms with Crippen LogP contribution in [0.1, 0.15) is 29.6 Å². The maximum absolute atomic E-state index is 11.7. The Hall–Kier alpha value is -2.38. The Bertz CT molecular complexity index is 587. The van der Waals surface area contributed by atoms with Crippen LogP contribution in [-0.4, -0.2) is 33.1 Å². The van der Waals surface area contributed by atoms with Gasteiger partial charge in [-0.05, 0) is 12.8 Å². The first kappa shape index (κ1) is 14.7. The normalized spacial score (nSPS) is 10.2. The summed E-state index contributed by atoms with van der Waals surface area (Å²) >= 11 is 0. The molecule has 1 rings (SSSR count). The number of hydrogen-bond donors (Lipinski definition) is 3. The fourth-order valence-corrected chi connectivity index (χ4v) is 1.43. The molecule has 0 radical (unpaired) electrons. The van der Waals surface area contributed by atoms with E-state index in [1.807, 2.05) is 0 Å². The summed E-state index contributed by atoms with van der Waals surface area (Å²) in [6.07, 6.45) is 2.05. The molecule has 0 unspecified atom stereocenters. The Morgan fingerprint density at radius 3 is 2.68 bits per heavy atom. The van der Waals surface area contributed by atoms with E-state index in [9.17, 15) is 19.2 Å². The molecule has 1 amide bonds. The quantitative estimate of drug-likeness (QED) is 0.575. The molecule has 0 aliphatic carbocycles. The van der Waals surface area contributed by atoms with Gasteiger partial charge in [0.25, 0.3) is 11.5 Å². The molecule has 3 N–H and O–H groups in total. The van der Waals surface area contributed by atoms with Crippen LogP contribution in [0.2, 0.25) is 0 Å². The van der Waals surface area contributed by atoms with E-state index < -0.39 is 23.1 Å². The van der Waals surface area contributed by atoms with Crippen molar-refractivity contribution in [1.29, 1.82) is 0 Å². The summed E-state index contributed by atoms with van der Waals surface area (Å²) in [4.78, 5) is 46.9. The highest BCUT2D eigenvalue weighted by Gasteiger charge is 2.12. The summed E-state index contributed by atoms with van der Waals surface area (Å²) in [5, 5.41) is 10.9. The molecule has 0 atom stereocenters. The number of aromatic amines is 1. The third-order valence-corrected chi connectivity index (χ3v) is 2.53. The SMILES string of the molecule is Cn1c(=O)[nH]cc(C(=O)NCCCCC(=O)O)c1=O. The van der Waals surface area contributed by atoms with E-state index in [4.69, 9.17) is 5.11 Å². The van der Waals surface area contributed by atoms with Gasteiger partial charge < -0.3 is 15.4 Å². The Labute approximate surface area is 108 Å². The van der Waals surface area contributed by atoms with Crippen LogP contribution >= 0.6 is 0 Å². The van der Waals surface area contributed by atoms with Gasteiger partial charge in [-0.1, -0.05) is 0 Å². The summed E-state index contributed by atoms with van der Waals surface area (Å²) in [5.74, 6) is -1.48. The predicted octanol–water partition coefficient (Wildman–Crippen LogP) is -0.942. The first-order valence-electron chi connectivity index (χ1n) is 5.72. The number of carbonyl (C=O) groups is 2. The minimum atomic E-state index is -0.888. The largest absolute Gasteiger partial charge is 0.481 e. The van der Waals surface area contributed by atoms with E-state index in [-0.39, 0.29) is 18.5 Å². The molecule has 0 fully saturated rings. The van der Waals surface area contributed by atoms with Crippen molar-refractivity contribution in [2.75, 3.05) is 6.54 Å². The van der Waals surface area contributed by atoms with E-state index in [0.29, 0.717) is 12.8 Å². The molecule has 19 heavy (non-hydrogen) atoms. The van der Waals surface area contributed by atoms with Crippen LogP contribution in [0.5, 0.6) is 0 Å². The lowest BCUT2D eigenvalue weighted by atomic mass is 10.2. The second-order valence-corrected chi connectivity index (χ2v) is 3.98. The average molecular weight is 269 g/mol. The highest BCUT2D eigenvalue weighted by molar-refractivity contribution is 5.93. The van der Waals surface area contributed by atoms with Crippen molar-refractivity contribution in [3.05, 3.63) is 32.6 Å². The minimum Gasteiger partial charge on any atom is -0.481 e. The van der Waals surface area contributed by atoms with Crippen molar-refractivity contribution in [2.24, 2.45) is 7.05 Å². The van der Waals surface area contributed by atoms with Crippen molar-refractivity contribution < 1.29 is 14.7 Å². The Balaban J connectivity index is 2.55. The highest BCUT2D eigenvalue weighted by atomic mass is 16.4. The number of carboxylic acid groups (broad SMARTS) is 1. The smallest absolute Gasteiger partial charge is 0.328 e. The number of amides is 1. The predicted molar refractivity (Wildman–Crippen MR) is 66.1 cm³/mol. The number of rotatable bonds is 6. The first-order chi connectivity index (χ1) is 8.93. The van der Waals surface area contributed by atoms with Gasteiger partial charge in [0.05, 0.1) is 0 Å². The van der Waals surface area contributed by atoms with E-state index in [2.05, 4.69) is 10.3 Å². The third-order valence-electron chi connectivity index (χ3n) is 2.53. The number of nitrogens with zero attached hydrogens (tertiary/aromatic N) is 1. The topological polar surface area (TPSA) is 121 Å². The molecule has 0 bridgehead atoms. The van der Waals surface area contributed by atoms with Crippen LogP contribution in [0.4, 0.5) is 0 Å². The summed E-state index contributed by atoms with van der Waals surface area (Å²) in [6.45, 7) is 0.272. The van der Waals surface area contributed by atoms with Crippen LogP contribution in [0, 0.1) is 0 Å². The van der Waals surface area contributed by atoms with E-state index >= 15 is 0 Å². The lowest BCUT2D eigenvalue weighted by Crippen LogP contribution is -2.39. The maximum atomic E-state index is 11.7. The summed E-state index contributed by atoms with van der Waals surface area (Å²) in [7, 11) is 1.27. The van der Waals surface area contributed by atoms with Gasteiger partial charge in [0, 0.05) is 26.2 Å². The fraction of sp³-hybridized carbons (Fsp3) is 0.455. The summed E-state index contributed by atoms with van der Waals surface area (Å²) in [6, 6.07) is 0. The zero-order valence-electron chi connectivity index (χ0n) is 10.4. The van der Waals surface area contributed by atoms with Crippen molar-refractivity contribution in [3.8, 4) is 0 Å². The maximum Gasteiger partial charge on any atom is 0.328 e. The van der Waals surface area contributed by atoms with Crippen molar-refractivity contribution >= 4 is 11.9 Å². The highest BCUT2D eigenvalue weighted by Crippen LogP contribution is 1.94. The molecule has 8 heteroatoms. The summed E-state index contributed by atoms with van der Waals surface area (Å²) < 4.78 is 0.805. The lowest BCUT2D eigenvalue weighted by Gasteiger charge is -2.04. The number of hydrogen-bond acceptors (Lipinski definition) is 4. The number of aromatic nitrogens is 2. The lowest BCUT2D eigenvalue weighted by molar-refractivity contribution is -0.137. The van der Waals surface area contributed by atoms with E-state index in [1.54, 1.807) is 0 Å². The van der Waals surface area contributed by atoms with Gasteiger partial charge in [0.1, 0.15) is 5.56 Å². The third kappa shape index (κ3) is 4.09. The van der Waals surface area contributed by atoms with Gasteiger partial charge in [-0.3, -0.25) is 19.0 Å². The molecule has 0 saturated heterocycles. The molecule has 0 aliphatic heterocycles. The van der Waals surface area contributed by atoms with Gasteiger partial charge in [0.2, 0.25) is 0 Å². The monoisotopic (exact) mass is 269 g/mol. The van der Waals surface area contributed by atoms with Gasteiger partial charge in [-0.2, -0.15) is 0 Å². The van der Waals surface area contributed by atoms with Crippen molar-refractivity contribution in [2.45, 2.75) is 19.3 Å². The molecular formula is C11H15N3O5. The zero-order chi connectivity index (χ0) is 14.4. The molecule has 0 spiro atoms. The Kier molecular flexibility index (Phi) is 5.04. The van der Waals surface area contributed by atoms with Crippen LogP contribution in [0.3, 0.4) is 0 Å². The molecule has 0 aliphatic rings. The Morgan fingerprint density at radius 2 is 2.05 bits per heavy atom. The van der Waals surface area contributed by atoms with E-state index in [1.165, 1.54) is 7.05 Å². The minimum absolute atomic E-state index is 0.0380. The standard InChI is InChI=1S/C11H15N3O5/c1-14-10(18)7(6-13-11(14)19)9(17)12-5-3-2-4-8(15)16/h6H,2-5H2,1H3,(H,12,17)(H,13,19)(H,15,16). The average Bonchev–Trinajstić information content (AvgIpc) is 2.35. The Morgan fingerprint density at radius 1 is 1.37 bits per heavy atom. The zero-order valence-corrected chi connectivity index (χ0v) is 10.4. The molecule has 1 aromatic rings. The number of carboxylic acids is 1. The van der Waals surface area contributed by atoms with Gasteiger partial charge in [-0.25, -0.2) is 4.79 Å². The number of unbranched alkanes of at least 4 members (excludes halogenated alkanes) is 1. The van der Waals surface area contributed by atoms with Crippen LogP contribution in [0.25, 0.3) is 0 Å². The molecule has 0 saturated carbocycles.